The molecule has 0 aliphatic rings. The quantitative estimate of drug-likeness (QED) is 0.672. The van der Waals surface area contributed by atoms with Crippen molar-refractivity contribution in [1.82, 2.24) is 10.6 Å². The van der Waals surface area contributed by atoms with Crippen molar-refractivity contribution < 1.29 is 9.59 Å². The fourth-order valence-electron chi connectivity index (χ4n) is 1.00. The second-order valence-electron chi connectivity index (χ2n) is 4.56. The van der Waals surface area contributed by atoms with Gasteiger partial charge < -0.3 is 10.6 Å². The van der Waals surface area contributed by atoms with E-state index in [0.29, 0.717) is 25.9 Å². The Bertz CT molecular complexity index is 219. The fourth-order valence-corrected chi connectivity index (χ4v) is 1.00. The van der Waals surface area contributed by atoms with Gasteiger partial charge in [-0.05, 0) is 13.3 Å². The van der Waals surface area contributed by atoms with Crippen LogP contribution in [0.15, 0.2) is 0 Å². The molecule has 0 saturated carbocycles. The van der Waals surface area contributed by atoms with E-state index in [1.807, 2.05) is 27.7 Å². The van der Waals surface area contributed by atoms with Gasteiger partial charge in [-0.3, -0.25) is 9.59 Å². The van der Waals surface area contributed by atoms with Gasteiger partial charge in [0.15, 0.2) is 0 Å². The number of amides is 2. The minimum absolute atomic E-state index is 0.0263. The van der Waals surface area contributed by atoms with E-state index in [1.54, 1.807) is 0 Å². The Morgan fingerprint density at radius 1 is 1.13 bits per heavy atom. The van der Waals surface area contributed by atoms with E-state index < -0.39 is 0 Å². The van der Waals surface area contributed by atoms with Crippen molar-refractivity contribution in [2.24, 2.45) is 5.41 Å². The molecule has 0 unspecified atom stereocenters. The first-order valence-electron chi connectivity index (χ1n) is 5.43. The molecule has 15 heavy (non-hydrogen) atoms. The Morgan fingerprint density at radius 3 is 2.20 bits per heavy atom. The summed E-state index contributed by atoms with van der Waals surface area (Å²) < 4.78 is 0. The lowest BCUT2D eigenvalue weighted by molar-refractivity contribution is -0.128. The summed E-state index contributed by atoms with van der Waals surface area (Å²) in [5.41, 5.74) is -0.355. The molecule has 2 N–H and O–H groups in total. The highest BCUT2D eigenvalue weighted by molar-refractivity contribution is 5.81. The number of rotatable bonds is 5. The van der Waals surface area contributed by atoms with Crippen LogP contribution >= 0.6 is 0 Å². The van der Waals surface area contributed by atoms with E-state index in [1.165, 1.54) is 0 Å². The van der Waals surface area contributed by atoms with Crippen molar-refractivity contribution in [1.29, 1.82) is 0 Å². The maximum atomic E-state index is 11.4. The van der Waals surface area contributed by atoms with Crippen LogP contribution in [0, 0.1) is 5.41 Å². The summed E-state index contributed by atoms with van der Waals surface area (Å²) >= 11 is 0. The molecule has 0 aromatic heterocycles. The SMILES string of the molecule is CCNC(=O)CCCNC(=O)C(C)(C)C. The Hall–Kier alpha value is -1.06. The topological polar surface area (TPSA) is 58.2 Å². The molecule has 0 heterocycles. The molecule has 4 heteroatoms. The summed E-state index contributed by atoms with van der Waals surface area (Å²) in [6.45, 7) is 8.71. The second-order valence-corrected chi connectivity index (χ2v) is 4.56. The van der Waals surface area contributed by atoms with Crippen molar-refractivity contribution >= 4 is 11.8 Å². The maximum Gasteiger partial charge on any atom is 0.225 e. The average molecular weight is 214 g/mol. The first kappa shape index (κ1) is 13.9. The highest BCUT2D eigenvalue weighted by Crippen LogP contribution is 2.12. The van der Waals surface area contributed by atoms with Crippen LogP contribution in [0.1, 0.15) is 40.5 Å². The molecule has 2 amide bonds. The monoisotopic (exact) mass is 214 g/mol. The molecular formula is C11H22N2O2. The second kappa shape index (κ2) is 6.43. The highest BCUT2D eigenvalue weighted by Gasteiger charge is 2.20. The Morgan fingerprint density at radius 2 is 1.73 bits per heavy atom. The van der Waals surface area contributed by atoms with Gasteiger partial charge in [0.05, 0.1) is 0 Å². The van der Waals surface area contributed by atoms with Crippen LogP contribution in [0.4, 0.5) is 0 Å². The zero-order valence-electron chi connectivity index (χ0n) is 10.1. The lowest BCUT2D eigenvalue weighted by Gasteiger charge is -2.17. The van der Waals surface area contributed by atoms with Crippen LogP contribution < -0.4 is 10.6 Å². The molecule has 0 spiro atoms. The molecule has 4 nitrogen and oxygen atoms in total. The van der Waals surface area contributed by atoms with Crippen LogP contribution in [0.25, 0.3) is 0 Å². The maximum absolute atomic E-state index is 11.4. The van der Waals surface area contributed by atoms with E-state index in [2.05, 4.69) is 10.6 Å². The standard InChI is InChI=1S/C11H22N2O2/c1-5-12-9(14)7-6-8-13-10(15)11(2,3)4/h5-8H2,1-4H3,(H,12,14)(H,13,15). The Labute approximate surface area is 91.8 Å². The predicted molar refractivity (Wildman–Crippen MR) is 60.4 cm³/mol. The predicted octanol–water partition coefficient (Wildman–Crippen LogP) is 1.06. The van der Waals surface area contributed by atoms with E-state index >= 15 is 0 Å². The molecule has 0 radical (unpaired) electrons. The van der Waals surface area contributed by atoms with Crippen LogP contribution in [-0.2, 0) is 9.59 Å². The van der Waals surface area contributed by atoms with Gasteiger partial charge in [0.25, 0.3) is 0 Å². The average Bonchev–Trinajstić information content (AvgIpc) is 2.11. The third kappa shape index (κ3) is 6.94. The van der Waals surface area contributed by atoms with Gasteiger partial charge in [0, 0.05) is 24.9 Å². The molecular weight excluding hydrogens is 192 g/mol. The van der Waals surface area contributed by atoms with Gasteiger partial charge >= 0.3 is 0 Å². The lowest BCUT2D eigenvalue weighted by atomic mass is 9.96. The molecule has 0 fully saturated rings. The molecule has 0 aliphatic heterocycles. The number of hydrogen-bond acceptors (Lipinski definition) is 2. The Kier molecular flexibility index (Phi) is 5.97. The molecule has 0 aliphatic carbocycles. The first-order valence-corrected chi connectivity index (χ1v) is 5.43. The molecule has 0 saturated heterocycles. The number of carbonyl (C=O) groups excluding carboxylic acids is 2. The largest absolute Gasteiger partial charge is 0.356 e. The van der Waals surface area contributed by atoms with E-state index in [0.717, 1.165) is 0 Å². The van der Waals surface area contributed by atoms with Gasteiger partial charge in [0.2, 0.25) is 11.8 Å². The van der Waals surface area contributed by atoms with Gasteiger partial charge in [-0.1, -0.05) is 20.8 Å². The zero-order chi connectivity index (χ0) is 11.9. The van der Waals surface area contributed by atoms with Gasteiger partial charge in [-0.25, -0.2) is 0 Å². The van der Waals surface area contributed by atoms with Crippen molar-refractivity contribution in [3.63, 3.8) is 0 Å². The summed E-state index contributed by atoms with van der Waals surface area (Å²) in [6, 6.07) is 0. The Balaban J connectivity index is 3.55. The van der Waals surface area contributed by atoms with Crippen molar-refractivity contribution in [3.05, 3.63) is 0 Å². The summed E-state index contributed by atoms with van der Waals surface area (Å²) in [4.78, 5) is 22.5. The van der Waals surface area contributed by atoms with Crippen LogP contribution in [0.3, 0.4) is 0 Å². The minimum Gasteiger partial charge on any atom is -0.356 e. The first-order chi connectivity index (χ1) is 6.88. The van der Waals surface area contributed by atoms with E-state index in [-0.39, 0.29) is 17.2 Å². The smallest absolute Gasteiger partial charge is 0.225 e. The summed E-state index contributed by atoms with van der Waals surface area (Å²) in [7, 11) is 0. The lowest BCUT2D eigenvalue weighted by Crippen LogP contribution is -2.35. The fraction of sp³-hybridized carbons (Fsp3) is 0.818. The van der Waals surface area contributed by atoms with E-state index in [4.69, 9.17) is 0 Å². The number of hydrogen-bond donors (Lipinski definition) is 2. The number of nitrogens with one attached hydrogen (secondary N) is 2. The van der Waals surface area contributed by atoms with Crippen molar-refractivity contribution in [2.45, 2.75) is 40.5 Å². The zero-order valence-corrected chi connectivity index (χ0v) is 10.1. The summed E-state index contributed by atoms with van der Waals surface area (Å²) in [5.74, 6) is 0.0703. The molecule has 88 valence electrons. The van der Waals surface area contributed by atoms with Crippen LogP contribution in [0.5, 0.6) is 0 Å². The normalized spacial score (nSPS) is 10.9. The minimum atomic E-state index is -0.355. The summed E-state index contributed by atoms with van der Waals surface area (Å²) in [6.07, 6.45) is 1.16. The van der Waals surface area contributed by atoms with Crippen molar-refractivity contribution in [2.75, 3.05) is 13.1 Å². The van der Waals surface area contributed by atoms with Crippen LogP contribution in [-0.4, -0.2) is 24.9 Å². The molecule has 0 rings (SSSR count). The summed E-state index contributed by atoms with van der Waals surface area (Å²) in [5, 5.41) is 5.51. The number of carbonyl (C=O) groups is 2. The van der Waals surface area contributed by atoms with Gasteiger partial charge in [-0.2, -0.15) is 0 Å². The van der Waals surface area contributed by atoms with E-state index in [9.17, 15) is 9.59 Å². The van der Waals surface area contributed by atoms with Crippen molar-refractivity contribution in [3.8, 4) is 0 Å². The molecule has 0 bridgehead atoms. The molecule has 0 atom stereocenters. The molecule has 0 aromatic carbocycles. The highest BCUT2D eigenvalue weighted by atomic mass is 16.2. The third-order valence-electron chi connectivity index (χ3n) is 1.92. The van der Waals surface area contributed by atoms with Crippen LogP contribution in [0.2, 0.25) is 0 Å². The van der Waals surface area contributed by atoms with Gasteiger partial charge in [0.1, 0.15) is 0 Å². The molecule has 0 aromatic rings. The van der Waals surface area contributed by atoms with Gasteiger partial charge in [-0.15, -0.1) is 0 Å². The third-order valence-corrected chi connectivity index (χ3v) is 1.92.